The molecule has 0 saturated heterocycles. The average molecular weight is 423 g/mol. The zero-order valence-electron chi connectivity index (χ0n) is 12.9. The van der Waals surface area contributed by atoms with Crippen LogP contribution in [0.1, 0.15) is 0 Å². The Morgan fingerprint density at radius 3 is 2.52 bits per heavy atom. The first-order valence-corrected chi connectivity index (χ1v) is 10.2. The number of pyridine rings is 1. The molecule has 1 aliphatic heterocycles. The summed E-state index contributed by atoms with van der Waals surface area (Å²) in [6.45, 7) is 0. The molecule has 2 aromatic carbocycles. The van der Waals surface area contributed by atoms with Gasteiger partial charge in [-0.25, -0.2) is 4.98 Å². The molecular weight excluding hydrogens is 412 g/mol. The van der Waals surface area contributed by atoms with Gasteiger partial charge in [0.25, 0.3) is 0 Å². The Morgan fingerprint density at radius 1 is 0.840 bits per heavy atom. The van der Waals surface area contributed by atoms with Gasteiger partial charge in [0.1, 0.15) is 5.01 Å². The van der Waals surface area contributed by atoms with Crippen molar-refractivity contribution in [3.05, 3.63) is 71.5 Å². The Bertz CT molecular complexity index is 1090. The normalized spacial score (nSPS) is 12.0. The van der Waals surface area contributed by atoms with Crippen LogP contribution in [0.15, 0.2) is 81.3 Å². The number of rotatable bonds is 1. The molecule has 0 N–H and O–H groups in total. The Balaban J connectivity index is 1.82. The third-order valence-electron chi connectivity index (χ3n) is 4.10. The van der Waals surface area contributed by atoms with Crippen LogP contribution in [0.25, 0.3) is 32.3 Å². The monoisotopic (exact) mass is 422 g/mol. The molecule has 0 aliphatic carbocycles. The molecule has 0 atom stereocenters. The number of thiazole rings is 1. The van der Waals surface area contributed by atoms with E-state index in [1.807, 2.05) is 36.3 Å². The van der Waals surface area contributed by atoms with Gasteiger partial charge in [0.2, 0.25) is 0 Å². The fourth-order valence-corrected chi connectivity index (χ4v) is 5.56. The minimum Gasteiger partial charge on any atom is -0.265 e. The summed E-state index contributed by atoms with van der Waals surface area (Å²) in [5.41, 5.74) is 4.61. The lowest BCUT2D eigenvalue weighted by Gasteiger charge is -2.06. The molecule has 120 valence electrons. The molecule has 1 aliphatic rings. The van der Waals surface area contributed by atoms with E-state index in [1.54, 1.807) is 11.3 Å². The van der Waals surface area contributed by atoms with Crippen LogP contribution < -0.4 is 0 Å². The maximum Gasteiger partial charge on any atom is 0.124 e. The second-order valence-corrected chi connectivity index (χ2v) is 8.67. The first-order chi connectivity index (χ1) is 12.3. The molecular formula is C20H11BrN2S2. The lowest BCUT2D eigenvalue weighted by Crippen LogP contribution is -1.84. The van der Waals surface area contributed by atoms with Crippen molar-refractivity contribution in [3.63, 3.8) is 0 Å². The molecule has 0 fully saturated rings. The van der Waals surface area contributed by atoms with Gasteiger partial charge in [0.15, 0.2) is 0 Å². The summed E-state index contributed by atoms with van der Waals surface area (Å²) in [4.78, 5) is 12.9. The zero-order chi connectivity index (χ0) is 16.8. The second kappa shape index (κ2) is 6.09. The highest BCUT2D eigenvalue weighted by Crippen LogP contribution is 2.51. The van der Waals surface area contributed by atoms with E-state index >= 15 is 0 Å². The minimum atomic E-state index is 1.03. The summed E-state index contributed by atoms with van der Waals surface area (Å²) in [6, 6.07) is 19.0. The van der Waals surface area contributed by atoms with Crippen LogP contribution in [0, 0.1) is 0 Å². The maximum atomic E-state index is 5.02. The van der Waals surface area contributed by atoms with Crippen molar-refractivity contribution in [1.29, 1.82) is 0 Å². The van der Waals surface area contributed by atoms with Crippen LogP contribution in [-0.2, 0) is 0 Å². The highest BCUT2D eigenvalue weighted by atomic mass is 79.9. The van der Waals surface area contributed by atoms with Crippen molar-refractivity contribution >= 4 is 39.0 Å². The van der Waals surface area contributed by atoms with Crippen molar-refractivity contribution in [3.8, 4) is 32.3 Å². The van der Waals surface area contributed by atoms with Gasteiger partial charge >= 0.3 is 0 Å². The van der Waals surface area contributed by atoms with Gasteiger partial charge in [-0.2, -0.15) is 0 Å². The Labute approximate surface area is 162 Å². The fourth-order valence-electron chi connectivity index (χ4n) is 2.94. The Kier molecular flexibility index (Phi) is 3.73. The molecule has 0 amide bonds. The van der Waals surface area contributed by atoms with E-state index in [4.69, 9.17) is 4.98 Å². The topological polar surface area (TPSA) is 25.8 Å². The summed E-state index contributed by atoms with van der Waals surface area (Å²) in [6.07, 6.45) is 3.63. The van der Waals surface area contributed by atoms with Gasteiger partial charge in [-0.3, -0.25) is 4.98 Å². The summed E-state index contributed by atoms with van der Waals surface area (Å²) in [5.74, 6) is 0. The van der Waals surface area contributed by atoms with Crippen LogP contribution in [0.2, 0.25) is 0 Å². The summed E-state index contributed by atoms with van der Waals surface area (Å²) in [7, 11) is 0. The summed E-state index contributed by atoms with van der Waals surface area (Å²) >= 11 is 7.17. The molecule has 0 unspecified atom stereocenters. The van der Waals surface area contributed by atoms with Crippen molar-refractivity contribution in [2.45, 2.75) is 9.79 Å². The third kappa shape index (κ3) is 2.63. The minimum absolute atomic E-state index is 1.03. The van der Waals surface area contributed by atoms with E-state index in [9.17, 15) is 0 Å². The van der Waals surface area contributed by atoms with Crippen molar-refractivity contribution in [1.82, 2.24) is 9.97 Å². The summed E-state index contributed by atoms with van der Waals surface area (Å²) < 4.78 is 1.07. The van der Waals surface area contributed by atoms with Crippen molar-refractivity contribution in [2.24, 2.45) is 0 Å². The van der Waals surface area contributed by atoms with Gasteiger partial charge in [0.05, 0.1) is 10.6 Å². The molecule has 0 saturated carbocycles. The van der Waals surface area contributed by atoms with Crippen molar-refractivity contribution in [2.75, 3.05) is 0 Å². The number of benzene rings is 2. The van der Waals surface area contributed by atoms with E-state index in [0.717, 1.165) is 20.7 Å². The van der Waals surface area contributed by atoms with Crippen LogP contribution in [0.3, 0.4) is 0 Å². The van der Waals surface area contributed by atoms with E-state index < -0.39 is 0 Å². The van der Waals surface area contributed by atoms with Gasteiger partial charge in [-0.1, -0.05) is 45.9 Å². The lowest BCUT2D eigenvalue weighted by atomic mass is 10.1. The molecule has 0 radical (unpaired) electrons. The van der Waals surface area contributed by atoms with Gasteiger partial charge < -0.3 is 0 Å². The van der Waals surface area contributed by atoms with E-state index in [1.165, 1.54) is 25.8 Å². The number of fused-ring (bicyclic) bond motifs is 5. The SMILES string of the molecule is Brc1ccc2c(c1)-c1nc(-c3ccncc3)sc1-c1ccccc1S2. The molecule has 4 aromatic rings. The molecule has 25 heavy (non-hydrogen) atoms. The molecule has 2 aromatic heterocycles. The summed E-state index contributed by atoms with van der Waals surface area (Å²) in [5, 5.41) is 1.03. The van der Waals surface area contributed by atoms with Crippen LogP contribution in [0.4, 0.5) is 0 Å². The van der Waals surface area contributed by atoms with Gasteiger partial charge in [-0.15, -0.1) is 11.3 Å². The van der Waals surface area contributed by atoms with Gasteiger partial charge in [0, 0.05) is 43.3 Å². The quantitative estimate of drug-likeness (QED) is 0.298. The number of aromatic nitrogens is 2. The number of hydrogen-bond acceptors (Lipinski definition) is 4. The number of halogens is 1. The highest BCUT2D eigenvalue weighted by molar-refractivity contribution is 9.10. The fraction of sp³-hybridized carbons (Fsp3) is 0. The van der Waals surface area contributed by atoms with Crippen LogP contribution in [0.5, 0.6) is 0 Å². The van der Waals surface area contributed by atoms with Crippen LogP contribution >= 0.6 is 39.0 Å². The Morgan fingerprint density at radius 2 is 1.64 bits per heavy atom. The van der Waals surface area contributed by atoms with E-state index in [0.29, 0.717) is 0 Å². The van der Waals surface area contributed by atoms with E-state index in [2.05, 4.69) is 63.4 Å². The highest BCUT2D eigenvalue weighted by Gasteiger charge is 2.24. The zero-order valence-corrected chi connectivity index (χ0v) is 16.2. The largest absolute Gasteiger partial charge is 0.265 e. The predicted octanol–water partition coefficient (Wildman–Crippen LogP) is 6.77. The first kappa shape index (κ1) is 15.3. The maximum absolute atomic E-state index is 5.02. The average Bonchev–Trinajstić information content (AvgIpc) is 3.05. The molecule has 5 rings (SSSR count). The predicted molar refractivity (Wildman–Crippen MR) is 108 cm³/mol. The standard InChI is InChI=1S/C20H11BrN2S2/c21-13-5-6-17-15(11-13)18-19(14-3-1-2-4-16(14)24-17)25-20(23-18)12-7-9-22-10-8-12/h1-11H. The van der Waals surface area contributed by atoms with Crippen molar-refractivity contribution < 1.29 is 0 Å². The molecule has 0 spiro atoms. The van der Waals surface area contributed by atoms with E-state index in [-0.39, 0.29) is 0 Å². The first-order valence-electron chi connectivity index (χ1n) is 7.78. The second-order valence-electron chi connectivity index (χ2n) is 5.67. The molecule has 5 heteroatoms. The third-order valence-corrected chi connectivity index (χ3v) is 6.89. The number of nitrogens with zero attached hydrogens (tertiary/aromatic N) is 2. The molecule has 2 nitrogen and oxygen atoms in total. The van der Waals surface area contributed by atoms with Gasteiger partial charge in [-0.05, 0) is 36.4 Å². The van der Waals surface area contributed by atoms with Crippen LogP contribution in [-0.4, -0.2) is 9.97 Å². The smallest absolute Gasteiger partial charge is 0.124 e. The Hall–Kier alpha value is -1.95. The number of hydrogen-bond donors (Lipinski definition) is 0. The molecule has 3 heterocycles. The molecule has 0 bridgehead atoms. The lowest BCUT2D eigenvalue weighted by molar-refractivity contribution is 1.31.